The van der Waals surface area contributed by atoms with Crippen LogP contribution in [-0.4, -0.2) is 34.1 Å². The lowest BCUT2D eigenvalue weighted by Gasteiger charge is -2.14. The Morgan fingerprint density at radius 1 is 1.11 bits per heavy atom. The molecule has 0 saturated carbocycles. The highest BCUT2D eigenvalue weighted by Gasteiger charge is 2.18. The zero-order chi connectivity index (χ0) is 14.0. The summed E-state index contributed by atoms with van der Waals surface area (Å²) in [7, 11) is 0. The van der Waals surface area contributed by atoms with Crippen LogP contribution in [0.15, 0.2) is 0 Å². The van der Waals surface area contributed by atoms with Crippen molar-refractivity contribution in [2.45, 2.75) is 51.5 Å². The van der Waals surface area contributed by atoms with E-state index in [1.165, 1.54) is 0 Å². The molecule has 1 amide bonds. The van der Waals surface area contributed by atoms with E-state index >= 15 is 0 Å². The highest BCUT2D eigenvalue weighted by atomic mass is 16.4. The second kappa shape index (κ2) is 9.41. The third kappa shape index (κ3) is 8.51. The summed E-state index contributed by atoms with van der Waals surface area (Å²) in [4.78, 5) is 32.4. The van der Waals surface area contributed by atoms with Crippen molar-refractivity contribution < 1.29 is 24.6 Å². The van der Waals surface area contributed by atoms with Gasteiger partial charge in [-0.1, -0.05) is 19.8 Å². The Labute approximate surface area is 106 Å². The Balaban J connectivity index is 3.92. The fourth-order valence-corrected chi connectivity index (χ4v) is 1.29. The minimum Gasteiger partial charge on any atom is -0.481 e. The third-order valence-corrected chi connectivity index (χ3v) is 2.34. The Hall–Kier alpha value is -1.63. The average molecular weight is 260 g/mol. The number of carbonyl (C=O) groups excluding carboxylic acids is 1. The molecule has 104 valence electrons. The number of aliphatic carboxylic acids is 2. The van der Waals surface area contributed by atoms with E-state index in [-0.39, 0.29) is 18.7 Å². The van der Waals surface area contributed by atoms with E-state index in [1.807, 2.05) is 6.92 Å². The van der Waals surface area contributed by atoms with Gasteiger partial charge in [0.25, 0.3) is 0 Å². The monoisotopic (exact) mass is 260 g/mol. The van der Waals surface area contributed by atoms with Crippen LogP contribution in [0.1, 0.15) is 45.4 Å². The van der Waals surface area contributed by atoms with E-state index in [9.17, 15) is 14.4 Å². The van der Waals surface area contributed by atoms with Gasteiger partial charge in [0.05, 0.1) is 0 Å². The van der Waals surface area contributed by atoms with Crippen molar-refractivity contribution in [3.63, 3.8) is 0 Å². The molecular formula is C11H20N2O5. The predicted molar refractivity (Wildman–Crippen MR) is 63.7 cm³/mol. The number of amides is 1. The maximum atomic E-state index is 11.3. The summed E-state index contributed by atoms with van der Waals surface area (Å²) in [5.41, 5.74) is 4.62. The van der Waals surface area contributed by atoms with Crippen LogP contribution >= 0.6 is 0 Å². The van der Waals surface area contributed by atoms with Gasteiger partial charge in [0, 0.05) is 12.8 Å². The van der Waals surface area contributed by atoms with Crippen molar-refractivity contribution in [2.75, 3.05) is 0 Å². The van der Waals surface area contributed by atoms with Crippen LogP contribution in [0, 0.1) is 0 Å². The summed E-state index contributed by atoms with van der Waals surface area (Å²) in [5, 5.41) is 17.3. The summed E-state index contributed by atoms with van der Waals surface area (Å²) in [6.07, 6.45) is 2.66. The molecule has 18 heavy (non-hydrogen) atoms. The molecule has 1 atom stereocenters. The molecule has 0 bridgehead atoms. The number of hydrazine groups is 1. The highest BCUT2D eigenvalue weighted by molar-refractivity contribution is 5.78. The zero-order valence-corrected chi connectivity index (χ0v) is 10.4. The molecule has 0 aromatic heterocycles. The van der Waals surface area contributed by atoms with E-state index in [2.05, 4.69) is 10.9 Å². The van der Waals surface area contributed by atoms with Gasteiger partial charge in [-0.2, -0.15) is 0 Å². The molecule has 0 heterocycles. The summed E-state index contributed by atoms with van der Waals surface area (Å²) >= 11 is 0. The maximum absolute atomic E-state index is 11.3. The predicted octanol–water partition coefficient (Wildman–Crippen LogP) is 0.506. The molecule has 0 aromatic carbocycles. The summed E-state index contributed by atoms with van der Waals surface area (Å²) < 4.78 is 0. The number of hydrogen-bond donors (Lipinski definition) is 4. The molecule has 0 aliphatic rings. The van der Waals surface area contributed by atoms with Crippen LogP contribution in [-0.2, 0) is 14.4 Å². The maximum Gasteiger partial charge on any atom is 0.322 e. The van der Waals surface area contributed by atoms with Gasteiger partial charge >= 0.3 is 11.9 Å². The Kier molecular flexibility index (Phi) is 8.55. The summed E-state index contributed by atoms with van der Waals surface area (Å²) in [6.45, 7) is 2.02. The average Bonchev–Trinajstić information content (AvgIpc) is 2.28. The number of unbranched alkanes of at least 4 members (excludes halogenated alkanes) is 2. The van der Waals surface area contributed by atoms with Crippen LogP contribution in [0.4, 0.5) is 0 Å². The minimum absolute atomic E-state index is 0.0834. The second-order valence-corrected chi connectivity index (χ2v) is 3.97. The number of nitrogens with one attached hydrogen (secondary N) is 2. The van der Waals surface area contributed by atoms with Gasteiger partial charge < -0.3 is 10.2 Å². The lowest BCUT2D eigenvalue weighted by molar-refractivity contribution is -0.141. The number of hydrogen-bond acceptors (Lipinski definition) is 4. The first-order valence-corrected chi connectivity index (χ1v) is 5.96. The molecule has 7 nitrogen and oxygen atoms in total. The van der Waals surface area contributed by atoms with E-state index in [1.54, 1.807) is 0 Å². The Morgan fingerprint density at radius 2 is 1.78 bits per heavy atom. The molecule has 4 N–H and O–H groups in total. The third-order valence-electron chi connectivity index (χ3n) is 2.34. The first-order chi connectivity index (χ1) is 8.47. The topological polar surface area (TPSA) is 116 Å². The molecule has 0 fully saturated rings. The number of rotatable bonds is 10. The van der Waals surface area contributed by atoms with Gasteiger partial charge in [-0.15, -0.1) is 0 Å². The molecule has 0 aliphatic carbocycles. The van der Waals surface area contributed by atoms with Crippen LogP contribution < -0.4 is 10.9 Å². The molecule has 7 heteroatoms. The fraction of sp³-hybridized carbons (Fsp3) is 0.727. The largest absolute Gasteiger partial charge is 0.481 e. The van der Waals surface area contributed by atoms with E-state index in [4.69, 9.17) is 10.2 Å². The van der Waals surface area contributed by atoms with Crippen molar-refractivity contribution in [1.82, 2.24) is 10.9 Å². The van der Waals surface area contributed by atoms with E-state index in [0.717, 1.165) is 19.3 Å². The van der Waals surface area contributed by atoms with Gasteiger partial charge in [0.1, 0.15) is 6.04 Å². The van der Waals surface area contributed by atoms with E-state index < -0.39 is 18.0 Å². The zero-order valence-electron chi connectivity index (χ0n) is 10.4. The number of carboxylic acids is 2. The van der Waals surface area contributed by atoms with Crippen LogP contribution in [0.2, 0.25) is 0 Å². The molecule has 0 aliphatic heterocycles. The second-order valence-electron chi connectivity index (χ2n) is 3.97. The van der Waals surface area contributed by atoms with Crippen molar-refractivity contribution in [1.29, 1.82) is 0 Å². The molecule has 0 saturated heterocycles. The normalized spacial score (nSPS) is 11.8. The Bertz CT molecular complexity index is 293. The summed E-state index contributed by atoms with van der Waals surface area (Å²) in [6, 6.07) is -1.09. The molecule has 0 aromatic rings. The molecule has 0 rings (SSSR count). The van der Waals surface area contributed by atoms with Crippen LogP contribution in [0.25, 0.3) is 0 Å². The van der Waals surface area contributed by atoms with Gasteiger partial charge in [-0.25, -0.2) is 5.43 Å². The number of carboxylic acid groups (broad SMARTS) is 2. The van der Waals surface area contributed by atoms with Crippen LogP contribution in [0.3, 0.4) is 0 Å². The fourth-order valence-electron chi connectivity index (χ4n) is 1.29. The first-order valence-electron chi connectivity index (χ1n) is 5.96. The molecule has 0 radical (unpaired) electrons. The lowest BCUT2D eigenvalue weighted by atomic mass is 10.1. The van der Waals surface area contributed by atoms with Gasteiger partial charge in [0.2, 0.25) is 5.91 Å². The quantitative estimate of drug-likeness (QED) is 0.336. The van der Waals surface area contributed by atoms with Crippen molar-refractivity contribution in [2.24, 2.45) is 0 Å². The molecule has 0 spiro atoms. The first kappa shape index (κ1) is 16.4. The van der Waals surface area contributed by atoms with Crippen molar-refractivity contribution in [3.05, 3.63) is 0 Å². The number of carbonyl (C=O) groups is 3. The van der Waals surface area contributed by atoms with Gasteiger partial charge in [-0.05, 0) is 12.8 Å². The van der Waals surface area contributed by atoms with Gasteiger partial charge in [-0.3, -0.25) is 19.8 Å². The minimum atomic E-state index is -1.19. The highest BCUT2D eigenvalue weighted by Crippen LogP contribution is 1.99. The smallest absolute Gasteiger partial charge is 0.322 e. The van der Waals surface area contributed by atoms with Crippen LogP contribution in [0.5, 0.6) is 0 Å². The molecular weight excluding hydrogens is 240 g/mol. The standard InChI is InChI=1S/C11H20N2O5/c1-2-3-4-5-9(14)13-12-8(11(17)18)6-7-10(15)16/h8,12H,2-7H2,1H3,(H,13,14)(H,15,16)(H,17,18)/t8-/m0/s1. The van der Waals surface area contributed by atoms with E-state index in [0.29, 0.717) is 6.42 Å². The van der Waals surface area contributed by atoms with Crippen molar-refractivity contribution >= 4 is 17.8 Å². The van der Waals surface area contributed by atoms with Crippen molar-refractivity contribution in [3.8, 4) is 0 Å². The SMILES string of the molecule is CCCCCC(=O)NN[C@@H](CCC(=O)O)C(=O)O. The Morgan fingerprint density at radius 3 is 2.28 bits per heavy atom. The molecule has 0 unspecified atom stereocenters. The lowest BCUT2D eigenvalue weighted by Crippen LogP contribution is -2.48. The summed E-state index contributed by atoms with van der Waals surface area (Å²) in [5.74, 6) is -2.55. The van der Waals surface area contributed by atoms with Gasteiger partial charge in [0.15, 0.2) is 0 Å².